The summed E-state index contributed by atoms with van der Waals surface area (Å²) in [5.74, 6) is 0.976. The van der Waals surface area contributed by atoms with Crippen LogP contribution in [0.2, 0.25) is 0 Å². The number of sulfone groups is 1. The third kappa shape index (κ3) is 3.52. The van der Waals surface area contributed by atoms with Crippen LogP contribution in [0.4, 0.5) is 0 Å². The maximum Gasteiger partial charge on any atom is 0.178 e. The largest absolute Gasteiger partial charge is 0.378 e. The molecule has 1 saturated heterocycles. The summed E-state index contributed by atoms with van der Waals surface area (Å²) < 4.78 is 31.7. The maximum atomic E-state index is 12.0. The first-order valence-electron chi connectivity index (χ1n) is 8.05. The number of morpholine rings is 1. The van der Waals surface area contributed by atoms with Gasteiger partial charge in [0.2, 0.25) is 0 Å². The molecule has 0 spiro atoms. The van der Waals surface area contributed by atoms with Crippen LogP contribution in [0.1, 0.15) is 30.9 Å². The van der Waals surface area contributed by atoms with Gasteiger partial charge in [-0.3, -0.25) is 10.00 Å². The minimum Gasteiger partial charge on any atom is -0.378 e. The van der Waals surface area contributed by atoms with Crippen LogP contribution >= 0.6 is 0 Å². The van der Waals surface area contributed by atoms with E-state index in [0.29, 0.717) is 32.0 Å². The van der Waals surface area contributed by atoms with E-state index in [2.05, 4.69) is 31.6 Å². The van der Waals surface area contributed by atoms with E-state index in [4.69, 9.17) is 4.74 Å². The molecule has 0 aliphatic carbocycles. The van der Waals surface area contributed by atoms with Crippen molar-refractivity contribution >= 4 is 9.84 Å². The van der Waals surface area contributed by atoms with Gasteiger partial charge in [0.15, 0.2) is 9.84 Å². The zero-order valence-electron chi connectivity index (χ0n) is 14.0. The van der Waals surface area contributed by atoms with Crippen molar-refractivity contribution in [2.75, 3.05) is 26.0 Å². The lowest BCUT2D eigenvalue weighted by atomic mass is 10.1. The normalized spacial score (nSPS) is 19.7. The predicted molar refractivity (Wildman–Crippen MR) is 88.2 cm³/mol. The second-order valence-corrected chi connectivity index (χ2v) is 8.00. The van der Waals surface area contributed by atoms with Gasteiger partial charge in [0.25, 0.3) is 0 Å². The molecule has 8 nitrogen and oxygen atoms in total. The Hall–Kier alpha value is -1.71. The van der Waals surface area contributed by atoms with Crippen molar-refractivity contribution in [3.63, 3.8) is 0 Å². The molecule has 3 heterocycles. The van der Waals surface area contributed by atoms with Crippen molar-refractivity contribution in [2.24, 2.45) is 0 Å². The Kier molecular flexibility index (Phi) is 5.02. The molecule has 1 aliphatic heterocycles. The topological polar surface area (TPSA) is 93.1 Å². The van der Waals surface area contributed by atoms with Crippen LogP contribution in [0, 0.1) is 0 Å². The number of nitrogens with zero attached hydrogens (tertiary/aromatic N) is 4. The van der Waals surface area contributed by atoms with E-state index in [1.54, 1.807) is 6.20 Å². The van der Waals surface area contributed by atoms with Crippen LogP contribution in [-0.2, 0) is 27.7 Å². The lowest BCUT2D eigenvalue weighted by Gasteiger charge is -2.35. The van der Waals surface area contributed by atoms with Crippen molar-refractivity contribution in [1.29, 1.82) is 0 Å². The number of aromatic nitrogens is 4. The number of aromatic amines is 1. The summed E-state index contributed by atoms with van der Waals surface area (Å²) in [4.78, 5) is 6.88. The molecule has 9 heteroatoms. The molecule has 1 aliphatic rings. The van der Waals surface area contributed by atoms with Gasteiger partial charge >= 0.3 is 0 Å². The molecular weight excluding hydrogens is 330 g/mol. The molecule has 132 valence electrons. The highest BCUT2D eigenvalue weighted by Gasteiger charge is 2.31. The first-order valence-corrected chi connectivity index (χ1v) is 9.95. The number of imidazole rings is 1. The Morgan fingerprint density at radius 3 is 3.04 bits per heavy atom. The number of H-pyrrole nitrogens is 1. The van der Waals surface area contributed by atoms with Crippen molar-refractivity contribution < 1.29 is 13.2 Å². The fourth-order valence-electron chi connectivity index (χ4n) is 3.03. The Morgan fingerprint density at radius 1 is 1.46 bits per heavy atom. The summed E-state index contributed by atoms with van der Waals surface area (Å²) in [7, 11) is -3.34. The lowest BCUT2D eigenvalue weighted by Crippen LogP contribution is -2.40. The van der Waals surface area contributed by atoms with Gasteiger partial charge in [-0.05, 0) is 6.42 Å². The minimum absolute atomic E-state index is 0.183. The van der Waals surface area contributed by atoms with E-state index in [-0.39, 0.29) is 10.9 Å². The van der Waals surface area contributed by atoms with Crippen LogP contribution in [-0.4, -0.2) is 59.1 Å². The Morgan fingerprint density at radius 2 is 2.29 bits per heavy atom. The van der Waals surface area contributed by atoms with Gasteiger partial charge in [-0.1, -0.05) is 6.92 Å². The average molecular weight is 353 g/mol. The number of rotatable bonds is 6. The summed E-state index contributed by atoms with van der Waals surface area (Å²) in [6.45, 7) is 5.45. The average Bonchev–Trinajstić information content (AvgIpc) is 3.18. The highest BCUT2D eigenvalue weighted by atomic mass is 32.2. The van der Waals surface area contributed by atoms with Crippen molar-refractivity contribution in [2.45, 2.75) is 37.4 Å². The minimum atomic E-state index is -3.34. The van der Waals surface area contributed by atoms with Crippen LogP contribution in [0.15, 0.2) is 23.5 Å². The first kappa shape index (κ1) is 17.1. The third-order valence-corrected chi connectivity index (χ3v) is 5.34. The molecule has 0 saturated carbocycles. The smallest absolute Gasteiger partial charge is 0.178 e. The van der Waals surface area contributed by atoms with Gasteiger partial charge in [0.05, 0.1) is 37.7 Å². The fourth-order valence-corrected chi connectivity index (χ4v) is 3.86. The lowest BCUT2D eigenvalue weighted by molar-refractivity contribution is -0.0168. The Labute approximate surface area is 141 Å². The van der Waals surface area contributed by atoms with E-state index in [1.165, 1.54) is 12.5 Å². The summed E-state index contributed by atoms with van der Waals surface area (Å²) in [5, 5.41) is 6.79. The Bertz CT molecular complexity index is 783. The van der Waals surface area contributed by atoms with E-state index < -0.39 is 9.84 Å². The molecule has 3 rings (SSSR count). The number of hydrogen-bond donors (Lipinski definition) is 1. The maximum absolute atomic E-state index is 12.0. The second-order valence-electron chi connectivity index (χ2n) is 6.02. The zero-order chi connectivity index (χ0) is 17.2. The van der Waals surface area contributed by atoms with Crippen molar-refractivity contribution in [1.82, 2.24) is 24.6 Å². The second kappa shape index (κ2) is 7.04. The van der Waals surface area contributed by atoms with Gasteiger partial charge in [-0.15, -0.1) is 0 Å². The molecule has 1 N–H and O–H groups in total. The summed E-state index contributed by atoms with van der Waals surface area (Å²) >= 11 is 0. The van der Waals surface area contributed by atoms with Crippen LogP contribution in [0.5, 0.6) is 0 Å². The van der Waals surface area contributed by atoms with Gasteiger partial charge < -0.3 is 9.30 Å². The highest BCUT2D eigenvalue weighted by Crippen LogP contribution is 2.28. The summed E-state index contributed by atoms with van der Waals surface area (Å²) in [5.41, 5.74) is 0.589. The molecule has 0 bridgehead atoms. The predicted octanol–water partition coefficient (Wildman–Crippen LogP) is 0.993. The molecule has 1 fully saturated rings. The fraction of sp³-hybridized carbons (Fsp3) is 0.600. The number of hydrogen-bond acceptors (Lipinski definition) is 6. The molecule has 1 unspecified atom stereocenters. The van der Waals surface area contributed by atoms with Gasteiger partial charge in [0.1, 0.15) is 10.7 Å². The third-order valence-electron chi connectivity index (χ3n) is 4.22. The number of nitrogens with one attached hydrogen (secondary N) is 1. The van der Waals surface area contributed by atoms with Crippen LogP contribution in [0.25, 0.3) is 0 Å². The van der Waals surface area contributed by atoms with E-state index >= 15 is 0 Å². The van der Waals surface area contributed by atoms with E-state index in [0.717, 1.165) is 18.8 Å². The molecular formula is C15H23N5O3S. The molecule has 2 aromatic heterocycles. The highest BCUT2D eigenvalue weighted by molar-refractivity contribution is 7.90. The van der Waals surface area contributed by atoms with Gasteiger partial charge in [0, 0.05) is 31.7 Å². The van der Waals surface area contributed by atoms with Gasteiger partial charge in [-0.25, -0.2) is 13.4 Å². The zero-order valence-corrected chi connectivity index (χ0v) is 14.8. The standard InChI is InChI=1S/C15H23N5O3S/c1-3-5-19-6-4-16-14(19)10-20-7-8-23-11-12(20)15-13(9-17-18-15)24(2,21)22/h4,6,9,12H,3,5,7-8,10-11H2,1-2H3,(H,17,18). The van der Waals surface area contributed by atoms with Gasteiger partial charge in [-0.2, -0.15) is 5.10 Å². The molecule has 24 heavy (non-hydrogen) atoms. The Balaban J connectivity index is 1.87. The summed E-state index contributed by atoms with van der Waals surface area (Å²) in [6.07, 6.45) is 7.39. The van der Waals surface area contributed by atoms with Crippen LogP contribution in [0.3, 0.4) is 0 Å². The first-order chi connectivity index (χ1) is 11.5. The van der Waals surface area contributed by atoms with Crippen molar-refractivity contribution in [3.8, 4) is 0 Å². The molecule has 0 amide bonds. The van der Waals surface area contributed by atoms with Crippen molar-refractivity contribution in [3.05, 3.63) is 30.1 Å². The number of ether oxygens (including phenoxy) is 1. The summed E-state index contributed by atoms with van der Waals surface area (Å²) in [6, 6.07) is -0.183. The quantitative estimate of drug-likeness (QED) is 0.832. The van der Waals surface area contributed by atoms with E-state index in [1.807, 2.05) is 6.20 Å². The van der Waals surface area contributed by atoms with Crippen LogP contribution < -0.4 is 0 Å². The van der Waals surface area contributed by atoms with E-state index in [9.17, 15) is 8.42 Å². The molecule has 0 aromatic carbocycles. The molecule has 1 atom stereocenters. The SMILES string of the molecule is CCCn1ccnc1CN1CCOCC1c1[nH]ncc1S(C)(=O)=O. The molecule has 0 radical (unpaired) electrons. The monoisotopic (exact) mass is 353 g/mol. The molecule has 2 aromatic rings. The number of aryl methyl sites for hydroxylation is 1.